The molecule has 1 N–H and O–H groups in total. The number of nitrogens with zero attached hydrogens (tertiary/aromatic N) is 2. The Balaban J connectivity index is 1.78. The predicted molar refractivity (Wildman–Crippen MR) is 72.0 cm³/mol. The first-order valence-electron chi connectivity index (χ1n) is 7.05. The van der Waals surface area contributed by atoms with Gasteiger partial charge >= 0.3 is 0 Å². The highest BCUT2D eigenvalue weighted by molar-refractivity contribution is 5.10. The molecule has 2 aliphatic rings. The Morgan fingerprint density at radius 2 is 2.00 bits per heavy atom. The van der Waals surface area contributed by atoms with E-state index in [2.05, 4.69) is 33.9 Å². The maximum absolute atomic E-state index is 3.48. The molecule has 0 aromatic heterocycles. The molecule has 2 rings (SSSR count). The van der Waals surface area contributed by atoms with Crippen molar-refractivity contribution in [1.29, 1.82) is 0 Å². The van der Waals surface area contributed by atoms with Crippen LogP contribution in [-0.2, 0) is 0 Å². The lowest BCUT2D eigenvalue weighted by molar-refractivity contribution is 0.195. The molecule has 0 radical (unpaired) electrons. The van der Waals surface area contributed by atoms with E-state index in [9.17, 15) is 0 Å². The summed E-state index contributed by atoms with van der Waals surface area (Å²) in [6.45, 7) is 10.1. The van der Waals surface area contributed by atoms with Gasteiger partial charge in [-0.15, -0.1) is 0 Å². The number of piperazine rings is 1. The van der Waals surface area contributed by atoms with Gasteiger partial charge in [0, 0.05) is 26.2 Å². The van der Waals surface area contributed by atoms with Crippen LogP contribution in [0.4, 0.5) is 0 Å². The quantitative estimate of drug-likeness (QED) is 0.713. The highest BCUT2D eigenvalue weighted by atomic mass is 15.2. The number of hydrogen-bond donors (Lipinski definition) is 1. The molecule has 0 spiro atoms. The molecular formula is C14H25N3. The van der Waals surface area contributed by atoms with E-state index in [-0.39, 0.29) is 0 Å². The first-order valence-corrected chi connectivity index (χ1v) is 7.05. The van der Waals surface area contributed by atoms with Crippen molar-refractivity contribution in [3.63, 3.8) is 0 Å². The van der Waals surface area contributed by atoms with Crippen LogP contribution in [0.5, 0.6) is 0 Å². The first kappa shape index (κ1) is 12.9. The van der Waals surface area contributed by atoms with Crippen molar-refractivity contribution in [3.8, 4) is 11.8 Å². The zero-order chi connectivity index (χ0) is 11.9. The molecule has 17 heavy (non-hydrogen) atoms. The summed E-state index contributed by atoms with van der Waals surface area (Å²) in [5, 5.41) is 3.37. The van der Waals surface area contributed by atoms with Crippen molar-refractivity contribution in [1.82, 2.24) is 15.1 Å². The molecule has 2 saturated heterocycles. The molecule has 3 heteroatoms. The molecule has 96 valence electrons. The Bertz CT molecular complexity index is 273. The van der Waals surface area contributed by atoms with Crippen molar-refractivity contribution in [2.24, 2.45) is 0 Å². The predicted octanol–water partition coefficient (Wildman–Crippen LogP) is 0.769. The molecule has 0 bridgehead atoms. The van der Waals surface area contributed by atoms with E-state index in [1.54, 1.807) is 0 Å². The average molecular weight is 235 g/mol. The van der Waals surface area contributed by atoms with E-state index in [0.717, 1.165) is 39.3 Å². The van der Waals surface area contributed by atoms with E-state index in [4.69, 9.17) is 0 Å². The number of nitrogens with one attached hydrogen (secondary N) is 1. The van der Waals surface area contributed by atoms with Crippen LogP contribution in [0.15, 0.2) is 0 Å². The average Bonchev–Trinajstić information content (AvgIpc) is 2.40. The van der Waals surface area contributed by atoms with Crippen molar-refractivity contribution >= 4 is 0 Å². The maximum Gasteiger partial charge on any atom is 0.0714 e. The zero-order valence-electron chi connectivity index (χ0n) is 11.0. The number of hydrogen-bond acceptors (Lipinski definition) is 3. The third-order valence-corrected chi connectivity index (χ3v) is 3.80. The standard InChI is InChI=1S/C14H25N3/c1-2-17-11-4-3-6-14(17)7-5-10-16-12-8-15-9-13-16/h14-15H,2-4,6,8-13H2,1H3. The Labute approximate surface area is 106 Å². The van der Waals surface area contributed by atoms with Gasteiger partial charge in [0.15, 0.2) is 0 Å². The first-order chi connectivity index (χ1) is 8.40. The second-order valence-electron chi connectivity index (χ2n) is 4.99. The molecular weight excluding hydrogens is 210 g/mol. The number of likely N-dealkylation sites (tertiary alicyclic amines) is 1. The van der Waals surface area contributed by atoms with Crippen LogP contribution in [0.25, 0.3) is 0 Å². The molecule has 0 aromatic carbocycles. The van der Waals surface area contributed by atoms with Gasteiger partial charge in [-0.2, -0.15) is 0 Å². The smallest absolute Gasteiger partial charge is 0.0714 e. The fourth-order valence-corrected chi connectivity index (χ4v) is 2.68. The summed E-state index contributed by atoms with van der Waals surface area (Å²) in [6.07, 6.45) is 3.97. The highest BCUT2D eigenvalue weighted by Crippen LogP contribution is 2.15. The lowest BCUT2D eigenvalue weighted by atomic mass is 10.0. The van der Waals surface area contributed by atoms with Crippen molar-refractivity contribution in [2.75, 3.05) is 45.8 Å². The van der Waals surface area contributed by atoms with E-state index in [1.807, 2.05) is 0 Å². The Morgan fingerprint density at radius 3 is 2.76 bits per heavy atom. The molecule has 1 unspecified atom stereocenters. The van der Waals surface area contributed by atoms with Gasteiger partial charge in [0.05, 0.1) is 12.6 Å². The van der Waals surface area contributed by atoms with Crippen LogP contribution in [0.3, 0.4) is 0 Å². The lowest BCUT2D eigenvalue weighted by Crippen LogP contribution is -2.43. The third kappa shape index (κ3) is 3.99. The molecule has 1 atom stereocenters. The molecule has 0 amide bonds. The van der Waals surface area contributed by atoms with E-state index in [1.165, 1.54) is 25.8 Å². The summed E-state index contributed by atoms with van der Waals surface area (Å²) >= 11 is 0. The van der Waals surface area contributed by atoms with E-state index >= 15 is 0 Å². The van der Waals surface area contributed by atoms with Crippen LogP contribution in [0.2, 0.25) is 0 Å². The van der Waals surface area contributed by atoms with Crippen molar-refractivity contribution in [2.45, 2.75) is 32.2 Å². The molecule has 2 fully saturated rings. The summed E-state index contributed by atoms with van der Waals surface area (Å²) in [4.78, 5) is 4.97. The highest BCUT2D eigenvalue weighted by Gasteiger charge is 2.18. The van der Waals surface area contributed by atoms with Gasteiger partial charge in [0.25, 0.3) is 0 Å². The summed E-state index contributed by atoms with van der Waals surface area (Å²) in [7, 11) is 0. The second-order valence-corrected chi connectivity index (χ2v) is 4.99. The van der Waals surface area contributed by atoms with Gasteiger partial charge in [-0.3, -0.25) is 9.80 Å². The zero-order valence-corrected chi connectivity index (χ0v) is 11.0. The maximum atomic E-state index is 3.48. The van der Waals surface area contributed by atoms with Crippen molar-refractivity contribution < 1.29 is 0 Å². The second kappa shape index (κ2) is 7.00. The Kier molecular flexibility index (Phi) is 5.31. The van der Waals surface area contributed by atoms with Gasteiger partial charge in [-0.1, -0.05) is 18.8 Å². The topological polar surface area (TPSA) is 18.5 Å². The molecule has 0 aromatic rings. The van der Waals surface area contributed by atoms with Crippen molar-refractivity contribution in [3.05, 3.63) is 0 Å². The fraction of sp³-hybridized carbons (Fsp3) is 0.857. The minimum Gasteiger partial charge on any atom is -0.314 e. The molecule has 2 heterocycles. The summed E-state index contributed by atoms with van der Waals surface area (Å²) in [5.74, 6) is 6.88. The van der Waals surface area contributed by atoms with Crippen LogP contribution in [0.1, 0.15) is 26.2 Å². The van der Waals surface area contributed by atoms with Gasteiger partial charge in [-0.25, -0.2) is 0 Å². The van der Waals surface area contributed by atoms with Gasteiger partial charge < -0.3 is 5.32 Å². The number of rotatable bonds is 2. The summed E-state index contributed by atoms with van der Waals surface area (Å²) in [5.41, 5.74) is 0. The van der Waals surface area contributed by atoms with Gasteiger partial charge in [0.1, 0.15) is 0 Å². The molecule has 0 saturated carbocycles. The fourth-order valence-electron chi connectivity index (χ4n) is 2.68. The van der Waals surface area contributed by atoms with Crippen LogP contribution in [-0.4, -0.2) is 61.7 Å². The van der Waals surface area contributed by atoms with E-state index in [0.29, 0.717) is 6.04 Å². The van der Waals surface area contributed by atoms with Crippen LogP contribution in [0, 0.1) is 11.8 Å². The lowest BCUT2D eigenvalue weighted by Gasteiger charge is -2.31. The monoisotopic (exact) mass is 235 g/mol. The van der Waals surface area contributed by atoms with E-state index < -0.39 is 0 Å². The molecule has 2 aliphatic heterocycles. The van der Waals surface area contributed by atoms with Crippen LogP contribution >= 0.6 is 0 Å². The summed E-state index contributed by atoms with van der Waals surface area (Å²) < 4.78 is 0. The number of piperidine rings is 1. The third-order valence-electron chi connectivity index (χ3n) is 3.80. The minimum absolute atomic E-state index is 0.525. The normalized spacial score (nSPS) is 27.5. The Hall–Kier alpha value is -0.560. The molecule has 3 nitrogen and oxygen atoms in total. The summed E-state index contributed by atoms with van der Waals surface area (Å²) in [6, 6.07) is 0.525. The SMILES string of the molecule is CCN1CCCCC1C#CCN1CCNCC1. The van der Waals surface area contributed by atoms with Gasteiger partial charge in [0.2, 0.25) is 0 Å². The molecule has 0 aliphatic carbocycles. The Morgan fingerprint density at radius 1 is 1.18 bits per heavy atom. The largest absolute Gasteiger partial charge is 0.314 e. The van der Waals surface area contributed by atoms with Crippen LogP contribution < -0.4 is 5.32 Å². The van der Waals surface area contributed by atoms with Gasteiger partial charge in [-0.05, 0) is 32.4 Å². The minimum atomic E-state index is 0.525.